The van der Waals surface area contributed by atoms with Gasteiger partial charge in [0.1, 0.15) is 18.8 Å². The van der Waals surface area contributed by atoms with Gasteiger partial charge in [0.2, 0.25) is 6.79 Å². The minimum atomic E-state index is -0.988. The van der Waals surface area contributed by atoms with E-state index in [4.69, 9.17) is 28.4 Å². The lowest BCUT2D eigenvalue weighted by molar-refractivity contribution is -0.156. The number of nitrogens with one attached hydrogen (secondary N) is 1. The number of rotatable bonds is 16. The van der Waals surface area contributed by atoms with Crippen molar-refractivity contribution in [3.63, 3.8) is 0 Å². The normalized spacial score (nSPS) is 12.7. The fourth-order valence-corrected chi connectivity index (χ4v) is 3.54. The van der Waals surface area contributed by atoms with Crippen LogP contribution >= 0.6 is 0 Å². The van der Waals surface area contributed by atoms with Gasteiger partial charge in [0.25, 0.3) is 5.91 Å². The summed E-state index contributed by atoms with van der Waals surface area (Å²) in [7, 11) is 1.39. The third kappa shape index (κ3) is 10.9. The molecule has 214 valence electrons. The minimum Gasteiger partial charge on any atom is -0.493 e. The molecule has 1 amide bonds. The highest BCUT2D eigenvalue weighted by atomic mass is 16.7. The molecule has 11 heteroatoms. The highest BCUT2D eigenvalue weighted by Crippen LogP contribution is 2.29. The lowest BCUT2D eigenvalue weighted by atomic mass is 10.0. The molecule has 1 heterocycles. The van der Waals surface area contributed by atoms with Gasteiger partial charge in [-0.1, -0.05) is 30.3 Å². The number of ether oxygens (including phenoxy) is 6. The van der Waals surface area contributed by atoms with E-state index in [-0.39, 0.29) is 23.8 Å². The summed E-state index contributed by atoms with van der Waals surface area (Å²) in [5.74, 6) is -1.81. The maximum atomic E-state index is 13.0. The fraction of sp³-hybridized carbons (Fsp3) is 0.500. The molecule has 2 atom stereocenters. The molecule has 0 bridgehead atoms. The standard InChI is InChI=1S/C28H38N2O9/c1-7-35-17-23(31)36-18-37-25-22(34-6)13-14-29-24(25)26(32)30-20(3)27(33)39-19(2)15-28(4,5)38-16-21-11-9-8-10-12-21/h8-14,19-20H,7,15-18H2,1-6H3,(H,30,32)/t19-,20-/m0/s1. The van der Waals surface area contributed by atoms with E-state index in [2.05, 4.69) is 10.3 Å². The Morgan fingerprint density at radius 3 is 2.46 bits per heavy atom. The first-order valence-corrected chi connectivity index (χ1v) is 12.6. The van der Waals surface area contributed by atoms with Gasteiger partial charge >= 0.3 is 11.9 Å². The summed E-state index contributed by atoms with van der Waals surface area (Å²) in [5, 5.41) is 2.56. The molecule has 0 aliphatic carbocycles. The predicted octanol–water partition coefficient (Wildman–Crippen LogP) is 3.44. The summed E-state index contributed by atoms with van der Waals surface area (Å²) in [6.07, 6.45) is 1.33. The van der Waals surface area contributed by atoms with Crippen molar-refractivity contribution in [2.75, 3.05) is 27.1 Å². The Kier molecular flexibility index (Phi) is 12.6. The monoisotopic (exact) mass is 546 g/mol. The molecule has 0 aliphatic rings. The first kappa shape index (κ1) is 31.5. The van der Waals surface area contributed by atoms with Crippen LogP contribution in [-0.4, -0.2) is 67.7 Å². The number of esters is 2. The average molecular weight is 547 g/mol. The molecule has 0 radical (unpaired) electrons. The Bertz CT molecular complexity index is 1080. The number of benzene rings is 1. The second kappa shape index (κ2) is 15.6. The van der Waals surface area contributed by atoms with E-state index in [0.29, 0.717) is 19.6 Å². The summed E-state index contributed by atoms with van der Waals surface area (Å²) in [6, 6.07) is 10.3. The average Bonchev–Trinajstić information content (AvgIpc) is 2.90. The van der Waals surface area contributed by atoms with Crippen LogP contribution in [0.3, 0.4) is 0 Å². The summed E-state index contributed by atoms with van der Waals surface area (Å²) in [5.41, 5.74) is 0.341. The van der Waals surface area contributed by atoms with Gasteiger partial charge in [0.15, 0.2) is 17.2 Å². The number of carbonyl (C=O) groups excluding carboxylic acids is 3. The van der Waals surface area contributed by atoms with Crippen molar-refractivity contribution in [2.24, 2.45) is 0 Å². The van der Waals surface area contributed by atoms with Crippen LogP contribution in [0, 0.1) is 0 Å². The summed E-state index contributed by atoms with van der Waals surface area (Å²) in [6.45, 7) is 8.93. The maximum absolute atomic E-state index is 13.0. The molecule has 0 saturated carbocycles. The van der Waals surface area contributed by atoms with Gasteiger partial charge in [-0.15, -0.1) is 0 Å². The Morgan fingerprint density at radius 1 is 1.08 bits per heavy atom. The smallest absolute Gasteiger partial charge is 0.334 e. The van der Waals surface area contributed by atoms with Crippen LogP contribution in [-0.2, 0) is 35.1 Å². The molecule has 0 aliphatic heterocycles. The fourth-order valence-electron chi connectivity index (χ4n) is 3.54. The molecule has 39 heavy (non-hydrogen) atoms. The van der Waals surface area contributed by atoms with E-state index in [0.717, 1.165) is 5.56 Å². The summed E-state index contributed by atoms with van der Waals surface area (Å²) < 4.78 is 32.2. The number of hydrogen-bond acceptors (Lipinski definition) is 10. The largest absolute Gasteiger partial charge is 0.493 e. The lowest BCUT2D eigenvalue weighted by Crippen LogP contribution is -2.42. The van der Waals surface area contributed by atoms with Crippen LogP contribution in [0.15, 0.2) is 42.6 Å². The number of nitrogens with zero attached hydrogens (tertiary/aromatic N) is 1. The van der Waals surface area contributed by atoms with Crippen LogP contribution in [0.2, 0.25) is 0 Å². The van der Waals surface area contributed by atoms with Crippen molar-refractivity contribution in [1.29, 1.82) is 0 Å². The second-order valence-corrected chi connectivity index (χ2v) is 9.29. The van der Waals surface area contributed by atoms with E-state index in [1.165, 1.54) is 26.3 Å². The highest BCUT2D eigenvalue weighted by Gasteiger charge is 2.28. The molecule has 0 unspecified atom stereocenters. The molecular formula is C28H38N2O9. The number of carbonyl (C=O) groups is 3. The number of hydrogen-bond donors (Lipinski definition) is 1. The first-order chi connectivity index (χ1) is 18.6. The number of methoxy groups -OCH3 is 1. The molecule has 11 nitrogen and oxygen atoms in total. The van der Waals surface area contributed by atoms with Gasteiger partial charge in [0.05, 0.1) is 19.3 Å². The summed E-state index contributed by atoms with van der Waals surface area (Å²) in [4.78, 5) is 41.4. The van der Waals surface area contributed by atoms with Crippen molar-refractivity contribution >= 4 is 17.8 Å². The van der Waals surface area contributed by atoms with Crippen molar-refractivity contribution in [3.8, 4) is 11.5 Å². The Balaban J connectivity index is 1.93. The highest BCUT2D eigenvalue weighted by molar-refractivity contribution is 5.98. The van der Waals surface area contributed by atoms with E-state index >= 15 is 0 Å². The zero-order valence-corrected chi connectivity index (χ0v) is 23.4. The molecule has 1 aromatic carbocycles. The van der Waals surface area contributed by atoms with E-state index < -0.39 is 42.4 Å². The predicted molar refractivity (Wildman–Crippen MR) is 141 cm³/mol. The zero-order valence-electron chi connectivity index (χ0n) is 23.4. The molecule has 2 aromatic rings. The SMILES string of the molecule is CCOCC(=O)OCOc1c(OC)ccnc1C(=O)N[C@@H](C)C(=O)O[C@@H](C)CC(C)(C)OCc1ccccc1. The van der Waals surface area contributed by atoms with E-state index in [9.17, 15) is 14.4 Å². The molecule has 0 spiro atoms. The Morgan fingerprint density at radius 2 is 1.79 bits per heavy atom. The molecule has 1 aromatic heterocycles. The quantitative estimate of drug-likeness (QED) is 0.247. The third-order valence-corrected chi connectivity index (χ3v) is 5.42. The minimum absolute atomic E-state index is 0.0482. The summed E-state index contributed by atoms with van der Waals surface area (Å²) >= 11 is 0. The first-order valence-electron chi connectivity index (χ1n) is 12.6. The van der Waals surface area contributed by atoms with Gasteiger partial charge in [-0.05, 0) is 40.2 Å². The lowest BCUT2D eigenvalue weighted by Gasteiger charge is -2.29. The Hall–Kier alpha value is -3.70. The van der Waals surface area contributed by atoms with Crippen molar-refractivity contribution < 1.29 is 42.8 Å². The van der Waals surface area contributed by atoms with Crippen LogP contribution in [0.4, 0.5) is 0 Å². The number of aromatic nitrogens is 1. The van der Waals surface area contributed by atoms with Gasteiger partial charge in [-0.25, -0.2) is 14.6 Å². The van der Waals surface area contributed by atoms with Crippen molar-refractivity contribution in [1.82, 2.24) is 10.3 Å². The second-order valence-electron chi connectivity index (χ2n) is 9.29. The zero-order chi connectivity index (χ0) is 28.8. The topological polar surface area (TPSA) is 132 Å². The molecule has 0 fully saturated rings. The van der Waals surface area contributed by atoms with E-state index in [1.54, 1.807) is 13.8 Å². The third-order valence-electron chi connectivity index (χ3n) is 5.42. The van der Waals surface area contributed by atoms with Crippen molar-refractivity contribution in [3.05, 3.63) is 53.9 Å². The molecule has 1 N–H and O–H groups in total. The van der Waals surface area contributed by atoms with Crippen LogP contribution < -0.4 is 14.8 Å². The number of pyridine rings is 1. The molecule has 0 saturated heterocycles. The van der Waals surface area contributed by atoms with Crippen LogP contribution in [0.25, 0.3) is 0 Å². The van der Waals surface area contributed by atoms with Gasteiger partial charge in [-0.3, -0.25) is 4.79 Å². The number of amides is 1. The van der Waals surface area contributed by atoms with Crippen molar-refractivity contribution in [2.45, 2.75) is 65.4 Å². The molecular weight excluding hydrogens is 508 g/mol. The maximum Gasteiger partial charge on any atom is 0.334 e. The van der Waals surface area contributed by atoms with Gasteiger partial charge in [0, 0.05) is 25.3 Å². The van der Waals surface area contributed by atoms with E-state index in [1.807, 2.05) is 44.2 Å². The van der Waals surface area contributed by atoms with Crippen LogP contribution in [0.1, 0.15) is 57.1 Å². The molecule has 2 rings (SSSR count). The van der Waals surface area contributed by atoms with Gasteiger partial charge < -0.3 is 33.7 Å². The Labute approximate surface area is 229 Å². The van der Waals surface area contributed by atoms with Crippen LogP contribution in [0.5, 0.6) is 11.5 Å². The van der Waals surface area contributed by atoms with Gasteiger partial charge in [-0.2, -0.15) is 0 Å².